The van der Waals surface area contributed by atoms with E-state index in [9.17, 15) is 4.79 Å². The van der Waals surface area contributed by atoms with Crippen molar-refractivity contribution in [3.63, 3.8) is 0 Å². The van der Waals surface area contributed by atoms with Crippen LogP contribution in [0.3, 0.4) is 0 Å². The first-order valence-corrected chi connectivity index (χ1v) is 10.8. The van der Waals surface area contributed by atoms with Gasteiger partial charge < -0.3 is 5.32 Å². The zero-order valence-corrected chi connectivity index (χ0v) is 18.4. The van der Waals surface area contributed by atoms with Crippen molar-refractivity contribution in [1.29, 1.82) is 0 Å². The van der Waals surface area contributed by atoms with Crippen molar-refractivity contribution in [2.75, 3.05) is 5.32 Å². The molecule has 1 aromatic heterocycles. The van der Waals surface area contributed by atoms with Crippen molar-refractivity contribution in [1.82, 2.24) is 4.98 Å². The third-order valence-electron chi connectivity index (χ3n) is 5.77. The molecule has 3 heteroatoms. The molecule has 3 nitrogen and oxygen atoms in total. The minimum absolute atomic E-state index is 0.0784. The molecule has 1 heterocycles. The molecule has 4 aromatic rings. The summed E-state index contributed by atoms with van der Waals surface area (Å²) >= 11 is 0. The smallest absolute Gasteiger partial charge is 0.255 e. The van der Waals surface area contributed by atoms with Crippen LogP contribution < -0.4 is 5.32 Å². The van der Waals surface area contributed by atoms with E-state index < -0.39 is 0 Å². The van der Waals surface area contributed by atoms with Gasteiger partial charge in [0.1, 0.15) is 0 Å². The summed E-state index contributed by atoms with van der Waals surface area (Å²) < 4.78 is 0. The fourth-order valence-electron chi connectivity index (χ4n) is 4.13. The average Bonchev–Trinajstić information content (AvgIpc) is 2.77. The zero-order valence-electron chi connectivity index (χ0n) is 18.4. The van der Waals surface area contributed by atoms with E-state index in [2.05, 4.69) is 61.4 Å². The van der Waals surface area contributed by atoms with Gasteiger partial charge in [-0.3, -0.25) is 9.78 Å². The van der Waals surface area contributed by atoms with Crippen LogP contribution in [0, 0.1) is 6.92 Å². The molecule has 0 spiro atoms. The van der Waals surface area contributed by atoms with E-state index in [1.54, 1.807) is 0 Å². The Hall–Kier alpha value is -3.46. The highest BCUT2D eigenvalue weighted by atomic mass is 16.1. The third-order valence-corrected chi connectivity index (χ3v) is 5.77. The fourth-order valence-corrected chi connectivity index (χ4v) is 4.13. The quantitative estimate of drug-likeness (QED) is 0.385. The van der Waals surface area contributed by atoms with Crippen LogP contribution in [-0.2, 0) is 12.8 Å². The van der Waals surface area contributed by atoms with Gasteiger partial charge >= 0.3 is 0 Å². The molecule has 1 amide bonds. The second-order valence-corrected chi connectivity index (χ2v) is 8.40. The van der Waals surface area contributed by atoms with Gasteiger partial charge in [-0.15, -0.1) is 0 Å². The summed E-state index contributed by atoms with van der Waals surface area (Å²) in [6.07, 6.45) is 5.59. The molecule has 3 aromatic carbocycles. The molecule has 0 unspecified atom stereocenters. The standard InChI is InChI=1S/C28H28N2O/c1-19(2)26-14-13-25(15-20(26)3)30-28(31)22-9-6-7-21(16-22)11-12-24-18-29-17-23-8-4-5-10-27(23)24/h4-10,13-19H,11-12H2,1-3H3,(H,30,31). The largest absolute Gasteiger partial charge is 0.322 e. The first kappa shape index (κ1) is 20.8. The number of rotatable bonds is 6. The lowest BCUT2D eigenvalue weighted by Gasteiger charge is -2.13. The lowest BCUT2D eigenvalue weighted by atomic mass is 9.97. The number of aryl methyl sites for hydroxylation is 3. The molecule has 4 rings (SSSR count). The SMILES string of the molecule is Cc1cc(NC(=O)c2cccc(CCc3cncc4ccccc34)c2)ccc1C(C)C. The molecule has 0 atom stereocenters. The number of aromatic nitrogens is 1. The van der Waals surface area contributed by atoms with Crippen LogP contribution in [0.25, 0.3) is 10.8 Å². The Labute approximate surface area is 184 Å². The second kappa shape index (κ2) is 9.13. The summed E-state index contributed by atoms with van der Waals surface area (Å²) in [4.78, 5) is 17.2. The normalized spacial score (nSPS) is 11.1. The van der Waals surface area contributed by atoms with Crippen LogP contribution in [0.1, 0.15) is 52.4 Å². The Morgan fingerprint density at radius 3 is 2.58 bits per heavy atom. The van der Waals surface area contributed by atoms with Crippen LogP contribution >= 0.6 is 0 Å². The summed E-state index contributed by atoms with van der Waals surface area (Å²) in [7, 11) is 0. The van der Waals surface area contributed by atoms with E-state index >= 15 is 0 Å². The van der Waals surface area contributed by atoms with Crippen molar-refractivity contribution in [3.05, 3.63) is 107 Å². The predicted octanol–water partition coefficient (Wildman–Crippen LogP) is 6.70. The molecule has 1 N–H and O–H groups in total. The summed E-state index contributed by atoms with van der Waals surface area (Å²) in [5.74, 6) is 0.392. The van der Waals surface area contributed by atoms with Crippen LogP contribution in [0.5, 0.6) is 0 Å². The van der Waals surface area contributed by atoms with E-state index in [1.807, 2.05) is 48.8 Å². The topological polar surface area (TPSA) is 42.0 Å². The zero-order chi connectivity index (χ0) is 21.8. The lowest BCUT2D eigenvalue weighted by molar-refractivity contribution is 0.102. The molecular formula is C28H28N2O. The number of carbonyl (C=O) groups excluding carboxylic acids is 1. The van der Waals surface area contributed by atoms with Gasteiger partial charge in [0.15, 0.2) is 0 Å². The van der Waals surface area contributed by atoms with Crippen molar-refractivity contribution >= 4 is 22.4 Å². The van der Waals surface area contributed by atoms with E-state index in [1.165, 1.54) is 22.1 Å². The van der Waals surface area contributed by atoms with Crippen LogP contribution in [0.4, 0.5) is 5.69 Å². The summed E-state index contributed by atoms with van der Waals surface area (Å²) in [5, 5.41) is 5.44. The number of fused-ring (bicyclic) bond motifs is 1. The summed E-state index contributed by atoms with van der Waals surface area (Å²) in [5.41, 5.74) is 6.40. The lowest BCUT2D eigenvalue weighted by Crippen LogP contribution is -2.12. The van der Waals surface area contributed by atoms with Crippen molar-refractivity contribution in [3.8, 4) is 0 Å². The van der Waals surface area contributed by atoms with Gasteiger partial charge in [-0.2, -0.15) is 0 Å². The molecule has 0 fully saturated rings. The fraction of sp³-hybridized carbons (Fsp3) is 0.214. The Morgan fingerprint density at radius 2 is 1.77 bits per heavy atom. The highest BCUT2D eigenvalue weighted by Crippen LogP contribution is 2.23. The summed E-state index contributed by atoms with van der Waals surface area (Å²) in [6.45, 7) is 6.45. The molecule has 0 saturated heterocycles. The average molecular weight is 409 g/mol. The number of nitrogens with one attached hydrogen (secondary N) is 1. The Kier molecular flexibility index (Phi) is 6.13. The number of pyridine rings is 1. The molecule has 0 aliphatic heterocycles. The molecule has 0 aliphatic rings. The second-order valence-electron chi connectivity index (χ2n) is 8.40. The Balaban J connectivity index is 1.46. The first-order chi connectivity index (χ1) is 15.0. The first-order valence-electron chi connectivity index (χ1n) is 10.8. The minimum atomic E-state index is -0.0784. The number of carbonyl (C=O) groups is 1. The van der Waals surface area contributed by atoms with Gasteiger partial charge in [-0.05, 0) is 77.6 Å². The van der Waals surface area contributed by atoms with Gasteiger partial charge in [-0.1, -0.05) is 56.3 Å². The van der Waals surface area contributed by atoms with E-state index in [-0.39, 0.29) is 5.91 Å². The van der Waals surface area contributed by atoms with E-state index in [4.69, 9.17) is 0 Å². The van der Waals surface area contributed by atoms with Crippen molar-refractivity contribution < 1.29 is 4.79 Å². The monoisotopic (exact) mass is 408 g/mol. The molecule has 0 radical (unpaired) electrons. The number of anilines is 1. The van der Waals surface area contributed by atoms with E-state index in [0.29, 0.717) is 11.5 Å². The van der Waals surface area contributed by atoms with Crippen molar-refractivity contribution in [2.45, 2.75) is 39.5 Å². The van der Waals surface area contributed by atoms with Gasteiger partial charge in [0.25, 0.3) is 5.91 Å². The van der Waals surface area contributed by atoms with Crippen LogP contribution in [0.2, 0.25) is 0 Å². The molecule has 156 valence electrons. The highest BCUT2D eigenvalue weighted by molar-refractivity contribution is 6.04. The van der Waals surface area contributed by atoms with Crippen LogP contribution in [0.15, 0.2) is 79.1 Å². The van der Waals surface area contributed by atoms with Crippen molar-refractivity contribution in [2.24, 2.45) is 0 Å². The Morgan fingerprint density at radius 1 is 0.935 bits per heavy atom. The predicted molar refractivity (Wildman–Crippen MR) is 129 cm³/mol. The van der Waals surface area contributed by atoms with Gasteiger partial charge in [0, 0.05) is 29.0 Å². The molecule has 31 heavy (non-hydrogen) atoms. The summed E-state index contributed by atoms with van der Waals surface area (Å²) in [6, 6.07) is 22.4. The third kappa shape index (κ3) is 4.83. The number of hydrogen-bond acceptors (Lipinski definition) is 2. The number of amides is 1. The maximum Gasteiger partial charge on any atom is 0.255 e. The molecule has 0 saturated carbocycles. The van der Waals surface area contributed by atoms with E-state index in [0.717, 1.165) is 29.5 Å². The molecular weight excluding hydrogens is 380 g/mol. The van der Waals surface area contributed by atoms with Crippen LogP contribution in [-0.4, -0.2) is 10.9 Å². The number of hydrogen-bond donors (Lipinski definition) is 1. The molecule has 0 aliphatic carbocycles. The highest BCUT2D eigenvalue weighted by Gasteiger charge is 2.10. The maximum atomic E-state index is 12.8. The maximum absolute atomic E-state index is 12.8. The number of benzene rings is 3. The molecule has 0 bridgehead atoms. The van der Waals surface area contributed by atoms with Gasteiger partial charge in [0.2, 0.25) is 0 Å². The minimum Gasteiger partial charge on any atom is -0.322 e. The van der Waals surface area contributed by atoms with Gasteiger partial charge in [-0.25, -0.2) is 0 Å². The Bertz CT molecular complexity index is 1220. The van der Waals surface area contributed by atoms with Gasteiger partial charge in [0.05, 0.1) is 0 Å². The number of nitrogens with zero attached hydrogens (tertiary/aromatic N) is 1.